The number of morpholine rings is 1. The maximum atomic E-state index is 13.0. The maximum Gasteiger partial charge on any atom is 0.419 e. The zero-order valence-corrected chi connectivity index (χ0v) is 19.5. The van der Waals surface area contributed by atoms with Crippen molar-refractivity contribution in [2.75, 3.05) is 66.1 Å². The molecule has 6 nitrogen and oxygen atoms in total. The third-order valence-corrected chi connectivity index (χ3v) is 5.25. The van der Waals surface area contributed by atoms with E-state index in [1.54, 1.807) is 7.05 Å². The second kappa shape index (κ2) is 11.9. The van der Waals surface area contributed by atoms with Gasteiger partial charge in [0.25, 0.3) is 0 Å². The van der Waals surface area contributed by atoms with E-state index in [4.69, 9.17) is 9.47 Å². The summed E-state index contributed by atoms with van der Waals surface area (Å²) >= 11 is 0. The Balaban J connectivity index is 0.00000320. The van der Waals surface area contributed by atoms with Gasteiger partial charge in [-0.2, -0.15) is 13.2 Å². The van der Waals surface area contributed by atoms with E-state index in [0.717, 1.165) is 64.4 Å². The number of nitrogens with one attached hydrogen (secondary N) is 1. The van der Waals surface area contributed by atoms with E-state index >= 15 is 0 Å². The van der Waals surface area contributed by atoms with Crippen molar-refractivity contribution in [1.82, 2.24) is 15.1 Å². The second-order valence-corrected chi connectivity index (χ2v) is 7.33. The number of aliphatic imine (C=N–C) groups is 1. The molecular weight excluding hydrogens is 512 g/mol. The molecule has 10 heteroatoms. The molecule has 0 bridgehead atoms. The molecule has 1 atom stereocenters. The van der Waals surface area contributed by atoms with Gasteiger partial charge in [-0.25, -0.2) is 0 Å². The largest absolute Gasteiger partial charge is 0.491 e. The summed E-state index contributed by atoms with van der Waals surface area (Å²) in [7, 11) is 1.72. The molecule has 0 radical (unpaired) electrons. The van der Waals surface area contributed by atoms with Crippen molar-refractivity contribution >= 4 is 29.9 Å². The Morgan fingerprint density at radius 1 is 1.23 bits per heavy atom. The summed E-state index contributed by atoms with van der Waals surface area (Å²) in [5, 5.41) is 3.20. The Hall–Kier alpha value is -1.27. The fraction of sp³-hybridized carbons (Fsp3) is 0.650. The standard InChI is InChI=1S/C20H29F3N4O2.HI/c1-24-19(27-8-6-16(15-27)14-26-9-12-28-13-10-26)25-7-11-29-18-5-3-2-4-17(18)20(21,22)23;/h2-5,16H,6-15H2,1H3,(H,24,25);1H. The van der Waals surface area contributed by atoms with E-state index in [1.807, 2.05) is 0 Å². The number of alkyl halides is 3. The van der Waals surface area contributed by atoms with Crippen LogP contribution in [0.2, 0.25) is 0 Å². The predicted molar refractivity (Wildman–Crippen MR) is 121 cm³/mol. The Labute approximate surface area is 192 Å². The third-order valence-electron chi connectivity index (χ3n) is 5.25. The molecule has 3 rings (SSSR count). The summed E-state index contributed by atoms with van der Waals surface area (Å²) in [4.78, 5) is 8.96. The average Bonchev–Trinajstić information content (AvgIpc) is 3.16. The minimum absolute atomic E-state index is 0. The monoisotopic (exact) mass is 542 g/mol. The first-order valence-corrected chi connectivity index (χ1v) is 10.0. The van der Waals surface area contributed by atoms with Crippen molar-refractivity contribution < 1.29 is 22.6 Å². The van der Waals surface area contributed by atoms with Crippen molar-refractivity contribution in [2.24, 2.45) is 10.9 Å². The molecule has 0 amide bonds. The number of hydrogen-bond donors (Lipinski definition) is 1. The number of ether oxygens (including phenoxy) is 2. The fourth-order valence-corrected chi connectivity index (χ4v) is 3.81. The molecule has 1 unspecified atom stereocenters. The predicted octanol–water partition coefficient (Wildman–Crippen LogP) is 2.93. The summed E-state index contributed by atoms with van der Waals surface area (Å²) in [5.74, 6) is 1.20. The normalized spacial score (nSPS) is 20.7. The first-order chi connectivity index (χ1) is 14.0. The van der Waals surface area contributed by atoms with E-state index in [-0.39, 0.29) is 36.3 Å². The first-order valence-electron chi connectivity index (χ1n) is 10.0. The van der Waals surface area contributed by atoms with E-state index in [1.165, 1.54) is 18.2 Å². The van der Waals surface area contributed by atoms with Crippen molar-refractivity contribution in [3.63, 3.8) is 0 Å². The Morgan fingerprint density at radius 3 is 2.67 bits per heavy atom. The smallest absolute Gasteiger partial charge is 0.419 e. The molecule has 170 valence electrons. The number of likely N-dealkylation sites (tertiary alicyclic amines) is 1. The van der Waals surface area contributed by atoms with Crippen LogP contribution in [0, 0.1) is 5.92 Å². The van der Waals surface area contributed by atoms with Crippen molar-refractivity contribution in [3.8, 4) is 5.75 Å². The van der Waals surface area contributed by atoms with Crippen LogP contribution in [0.4, 0.5) is 13.2 Å². The molecule has 0 aromatic heterocycles. The van der Waals surface area contributed by atoms with Gasteiger partial charge in [0.2, 0.25) is 0 Å². The molecule has 1 N–H and O–H groups in total. The molecule has 1 aromatic rings. The SMILES string of the molecule is CN=C(NCCOc1ccccc1C(F)(F)F)N1CCC(CN2CCOCC2)C1.I. The van der Waals surface area contributed by atoms with Gasteiger partial charge in [-0.05, 0) is 24.5 Å². The zero-order chi connectivity index (χ0) is 20.7. The summed E-state index contributed by atoms with van der Waals surface area (Å²) < 4.78 is 49.8. The van der Waals surface area contributed by atoms with Gasteiger partial charge in [0.05, 0.1) is 25.3 Å². The number of guanidine groups is 1. The molecule has 2 aliphatic rings. The van der Waals surface area contributed by atoms with Crippen molar-refractivity contribution in [1.29, 1.82) is 0 Å². The average molecular weight is 542 g/mol. The van der Waals surface area contributed by atoms with Crippen LogP contribution in [0.5, 0.6) is 5.75 Å². The molecule has 0 aliphatic carbocycles. The van der Waals surface area contributed by atoms with Gasteiger partial charge >= 0.3 is 6.18 Å². The van der Waals surface area contributed by atoms with Crippen molar-refractivity contribution in [2.45, 2.75) is 12.6 Å². The van der Waals surface area contributed by atoms with Crippen LogP contribution >= 0.6 is 24.0 Å². The van der Waals surface area contributed by atoms with Crippen LogP contribution in [0.25, 0.3) is 0 Å². The van der Waals surface area contributed by atoms with Crippen LogP contribution < -0.4 is 10.1 Å². The van der Waals surface area contributed by atoms with E-state index in [0.29, 0.717) is 12.5 Å². The van der Waals surface area contributed by atoms with Crippen LogP contribution in [0.15, 0.2) is 29.3 Å². The highest BCUT2D eigenvalue weighted by atomic mass is 127. The van der Waals surface area contributed by atoms with Gasteiger partial charge in [0.15, 0.2) is 5.96 Å². The Kier molecular flexibility index (Phi) is 9.95. The lowest BCUT2D eigenvalue weighted by atomic mass is 10.1. The molecule has 1 aromatic carbocycles. The number of hydrogen-bond acceptors (Lipinski definition) is 4. The van der Waals surface area contributed by atoms with Gasteiger partial charge in [0.1, 0.15) is 12.4 Å². The van der Waals surface area contributed by atoms with Crippen LogP contribution in [-0.4, -0.2) is 81.9 Å². The molecule has 2 heterocycles. The maximum absolute atomic E-state index is 13.0. The van der Waals surface area contributed by atoms with Crippen LogP contribution in [-0.2, 0) is 10.9 Å². The highest BCUT2D eigenvalue weighted by Gasteiger charge is 2.34. The molecule has 2 aliphatic heterocycles. The summed E-state index contributed by atoms with van der Waals surface area (Å²) in [6, 6.07) is 5.27. The lowest BCUT2D eigenvalue weighted by molar-refractivity contribution is -0.138. The fourth-order valence-electron chi connectivity index (χ4n) is 3.81. The molecule has 0 spiro atoms. The highest BCUT2D eigenvalue weighted by Crippen LogP contribution is 2.35. The number of halogens is 4. The number of benzene rings is 1. The van der Waals surface area contributed by atoms with Crippen LogP contribution in [0.1, 0.15) is 12.0 Å². The first kappa shape index (κ1) is 25.0. The van der Waals surface area contributed by atoms with E-state index < -0.39 is 11.7 Å². The number of rotatable bonds is 6. The molecule has 30 heavy (non-hydrogen) atoms. The van der Waals surface area contributed by atoms with E-state index in [9.17, 15) is 13.2 Å². The van der Waals surface area contributed by atoms with E-state index in [2.05, 4.69) is 20.1 Å². The lowest BCUT2D eigenvalue weighted by Crippen LogP contribution is -2.43. The van der Waals surface area contributed by atoms with Gasteiger partial charge in [-0.1, -0.05) is 12.1 Å². The van der Waals surface area contributed by atoms with Gasteiger partial charge in [-0.3, -0.25) is 9.89 Å². The number of para-hydroxylation sites is 1. The minimum Gasteiger partial charge on any atom is -0.491 e. The van der Waals surface area contributed by atoms with Crippen LogP contribution in [0.3, 0.4) is 0 Å². The summed E-state index contributed by atoms with van der Waals surface area (Å²) in [6.45, 7) is 6.99. The molecular formula is C20H30F3IN4O2. The van der Waals surface area contributed by atoms with Crippen molar-refractivity contribution in [3.05, 3.63) is 29.8 Å². The summed E-state index contributed by atoms with van der Waals surface area (Å²) in [6.07, 6.45) is -3.32. The number of nitrogens with zero attached hydrogens (tertiary/aromatic N) is 3. The van der Waals surface area contributed by atoms with Gasteiger partial charge in [0, 0.05) is 39.8 Å². The molecule has 2 fully saturated rings. The highest BCUT2D eigenvalue weighted by molar-refractivity contribution is 14.0. The van der Waals surface area contributed by atoms with Gasteiger partial charge < -0.3 is 19.7 Å². The second-order valence-electron chi connectivity index (χ2n) is 7.33. The zero-order valence-electron chi connectivity index (χ0n) is 17.2. The Bertz CT molecular complexity index is 684. The minimum atomic E-state index is -4.43. The molecule has 2 saturated heterocycles. The Morgan fingerprint density at radius 2 is 1.97 bits per heavy atom. The summed E-state index contributed by atoms with van der Waals surface area (Å²) in [5.41, 5.74) is -0.755. The molecule has 0 saturated carbocycles. The lowest BCUT2D eigenvalue weighted by Gasteiger charge is -2.29. The quantitative estimate of drug-likeness (QED) is 0.260. The third kappa shape index (κ3) is 7.16. The topological polar surface area (TPSA) is 49.3 Å². The van der Waals surface area contributed by atoms with Gasteiger partial charge in [-0.15, -0.1) is 24.0 Å².